The lowest BCUT2D eigenvalue weighted by Gasteiger charge is -2.32. The molecule has 0 aliphatic carbocycles. The topological polar surface area (TPSA) is 20.3 Å². The molecule has 1 heterocycles. The van der Waals surface area contributed by atoms with E-state index in [9.17, 15) is 4.79 Å². The van der Waals surface area contributed by atoms with Gasteiger partial charge in [-0.2, -0.15) is 0 Å². The maximum Gasteiger partial charge on any atom is 0.132 e. The molecule has 0 bridgehead atoms. The Hall–Kier alpha value is -1.15. The van der Waals surface area contributed by atoms with Gasteiger partial charge in [0, 0.05) is 12.8 Å². The van der Waals surface area contributed by atoms with E-state index < -0.39 is 0 Å². The van der Waals surface area contributed by atoms with Crippen molar-refractivity contribution < 1.29 is 4.79 Å². The van der Waals surface area contributed by atoms with Crippen LogP contribution in [0.4, 0.5) is 0 Å². The number of Topliss-reactive ketones (excluding diaryl/α,β-unsaturated/α-hetero) is 1. The molecule has 110 valence electrons. The largest absolute Gasteiger partial charge is 0.303 e. The van der Waals surface area contributed by atoms with Crippen molar-refractivity contribution in [2.75, 3.05) is 19.6 Å². The van der Waals surface area contributed by atoms with Crippen LogP contribution in [0.2, 0.25) is 0 Å². The zero-order chi connectivity index (χ0) is 14.2. The predicted molar refractivity (Wildman–Crippen MR) is 83.8 cm³/mol. The zero-order valence-electron chi connectivity index (χ0n) is 12.7. The first-order valence-electron chi connectivity index (χ1n) is 8.06. The summed E-state index contributed by atoms with van der Waals surface area (Å²) in [5.41, 5.74) is 1.47. The molecule has 0 amide bonds. The van der Waals surface area contributed by atoms with Crippen molar-refractivity contribution in [3.05, 3.63) is 35.9 Å². The summed E-state index contributed by atoms with van der Waals surface area (Å²) in [6.07, 6.45) is 6.33. The van der Waals surface area contributed by atoms with E-state index in [0.29, 0.717) is 12.2 Å². The summed E-state index contributed by atoms with van der Waals surface area (Å²) in [7, 11) is 0. The van der Waals surface area contributed by atoms with Crippen molar-refractivity contribution in [1.82, 2.24) is 4.90 Å². The van der Waals surface area contributed by atoms with Gasteiger partial charge in [-0.05, 0) is 56.8 Å². The Kier molecular flexibility index (Phi) is 6.25. The van der Waals surface area contributed by atoms with Gasteiger partial charge in [0.1, 0.15) is 5.78 Å². The Labute approximate surface area is 123 Å². The summed E-state index contributed by atoms with van der Waals surface area (Å²) in [5, 5.41) is 0. The molecule has 0 radical (unpaired) electrons. The van der Waals surface area contributed by atoms with Crippen LogP contribution < -0.4 is 0 Å². The highest BCUT2D eigenvalue weighted by Gasteiger charge is 2.19. The Balaban J connectivity index is 1.64. The number of nitrogens with zero attached hydrogens (tertiary/aromatic N) is 1. The SMILES string of the molecule is CCC(=O)CCCN1CCC(Cc2ccccc2)CC1. The summed E-state index contributed by atoms with van der Waals surface area (Å²) in [6, 6.07) is 10.8. The van der Waals surface area contributed by atoms with Crippen molar-refractivity contribution in [3.63, 3.8) is 0 Å². The molecular weight excluding hydrogens is 246 g/mol. The monoisotopic (exact) mass is 273 g/mol. The van der Waals surface area contributed by atoms with E-state index in [1.807, 2.05) is 6.92 Å². The van der Waals surface area contributed by atoms with E-state index in [1.165, 1.54) is 37.9 Å². The van der Waals surface area contributed by atoms with Gasteiger partial charge in [-0.25, -0.2) is 0 Å². The normalized spacial score (nSPS) is 17.2. The van der Waals surface area contributed by atoms with E-state index in [1.54, 1.807) is 0 Å². The Morgan fingerprint density at radius 1 is 1.20 bits per heavy atom. The van der Waals surface area contributed by atoms with Gasteiger partial charge in [-0.3, -0.25) is 4.79 Å². The summed E-state index contributed by atoms with van der Waals surface area (Å²) in [4.78, 5) is 13.8. The number of hydrogen-bond donors (Lipinski definition) is 0. The van der Waals surface area contributed by atoms with E-state index in [0.717, 1.165) is 25.3 Å². The van der Waals surface area contributed by atoms with E-state index >= 15 is 0 Å². The lowest BCUT2D eigenvalue weighted by atomic mass is 9.90. The second kappa shape index (κ2) is 8.21. The molecule has 0 spiro atoms. The average molecular weight is 273 g/mol. The molecule has 1 aliphatic heterocycles. The molecule has 2 heteroatoms. The molecule has 1 aliphatic rings. The first-order valence-corrected chi connectivity index (χ1v) is 8.06. The van der Waals surface area contributed by atoms with E-state index in [2.05, 4.69) is 35.2 Å². The number of hydrogen-bond acceptors (Lipinski definition) is 2. The molecule has 1 saturated heterocycles. The fourth-order valence-corrected chi connectivity index (χ4v) is 3.04. The van der Waals surface area contributed by atoms with Gasteiger partial charge in [0.25, 0.3) is 0 Å². The summed E-state index contributed by atoms with van der Waals surface area (Å²) in [5.74, 6) is 1.25. The van der Waals surface area contributed by atoms with Crippen LogP contribution in [0.15, 0.2) is 30.3 Å². The molecule has 2 nitrogen and oxygen atoms in total. The maximum absolute atomic E-state index is 11.3. The van der Waals surface area contributed by atoms with Crippen molar-refractivity contribution in [3.8, 4) is 0 Å². The maximum atomic E-state index is 11.3. The first kappa shape index (κ1) is 15.2. The van der Waals surface area contributed by atoms with Crippen LogP contribution in [0, 0.1) is 5.92 Å². The van der Waals surface area contributed by atoms with Crippen LogP contribution in [0.1, 0.15) is 44.6 Å². The van der Waals surface area contributed by atoms with Crippen LogP contribution in [0.5, 0.6) is 0 Å². The number of carbonyl (C=O) groups is 1. The third kappa shape index (κ3) is 5.09. The fourth-order valence-electron chi connectivity index (χ4n) is 3.04. The molecule has 1 aromatic rings. The minimum absolute atomic E-state index is 0.406. The van der Waals surface area contributed by atoms with Gasteiger partial charge >= 0.3 is 0 Å². The number of benzene rings is 1. The smallest absolute Gasteiger partial charge is 0.132 e. The number of likely N-dealkylation sites (tertiary alicyclic amines) is 1. The van der Waals surface area contributed by atoms with Gasteiger partial charge in [0.2, 0.25) is 0 Å². The minimum atomic E-state index is 0.406. The van der Waals surface area contributed by atoms with Crippen LogP contribution >= 0.6 is 0 Å². The molecule has 0 aromatic heterocycles. The molecule has 1 fully saturated rings. The van der Waals surface area contributed by atoms with Crippen LogP contribution in [0.25, 0.3) is 0 Å². The third-order valence-corrected chi connectivity index (χ3v) is 4.40. The zero-order valence-corrected chi connectivity index (χ0v) is 12.7. The lowest BCUT2D eigenvalue weighted by molar-refractivity contribution is -0.118. The van der Waals surface area contributed by atoms with Crippen molar-refractivity contribution in [2.45, 2.75) is 45.4 Å². The Morgan fingerprint density at radius 3 is 2.55 bits per heavy atom. The summed E-state index contributed by atoms with van der Waals surface area (Å²) >= 11 is 0. The Bertz CT molecular complexity index is 393. The second-order valence-electron chi connectivity index (χ2n) is 5.97. The summed E-state index contributed by atoms with van der Waals surface area (Å²) < 4.78 is 0. The van der Waals surface area contributed by atoms with Crippen molar-refractivity contribution in [2.24, 2.45) is 5.92 Å². The van der Waals surface area contributed by atoms with E-state index in [4.69, 9.17) is 0 Å². The second-order valence-corrected chi connectivity index (χ2v) is 5.97. The molecule has 0 saturated carbocycles. The fraction of sp³-hybridized carbons (Fsp3) is 0.611. The molecule has 0 N–H and O–H groups in total. The van der Waals surface area contributed by atoms with Gasteiger partial charge in [-0.1, -0.05) is 37.3 Å². The molecule has 1 aromatic carbocycles. The standard InChI is InChI=1S/C18H27NO/c1-2-18(20)9-6-12-19-13-10-17(11-14-19)15-16-7-4-3-5-8-16/h3-5,7-8,17H,2,6,9-15H2,1H3. The highest BCUT2D eigenvalue weighted by atomic mass is 16.1. The van der Waals surface area contributed by atoms with Gasteiger partial charge in [-0.15, -0.1) is 0 Å². The molecule has 20 heavy (non-hydrogen) atoms. The molecule has 0 unspecified atom stereocenters. The number of ketones is 1. The highest BCUT2D eigenvalue weighted by Crippen LogP contribution is 2.21. The number of piperidine rings is 1. The van der Waals surface area contributed by atoms with Crippen LogP contribution in [-0.2, 0) is 11.2 Å². The van der Waals surface area contributed by atoms with Gasteiger partial charge < -0.3 is 4.90 Å². The first-order chi connectivity index (χ1) is 9.78. The van der Waals surface area contributed by atoms with Gasteiger partial charge in [0.15, 0.2) is 0 Å². The van der Waals surface area contributed by atoms with Crippen LogP contribution in [-0.4, -0.2) is 30.3 Å². The van der Waals surface area contributed by atoms with E-state index in [-0.39, 0.29) is 0 Å². The lowest BCUT2D eigenvalue weighted by Crippen LogP contribution is -2.35. The molecule has 2 rings (SSSR count). The molecular formula is C18H27NO. The number of carbonyl (C=O) groups excluding carboxylic acids is 1. The molecule has 0 atom stereocenters. The summed E-state index contributed by atoms with van der Waals surface area (Å²) in [6.45, 7) is 5.47. The average Bonchev–Trinajstić information content (AvgIpc) is 2.50. The quantitative estimate of drug-likeness (QED) is 0.755. The predicted octanol–water partition coefficient (Wildman–Crippen LogP) is 3.70. The third-order valence-electron chi connectivity index (χ3n) is 4.40. The van der Waals surface area contributed by atoms with Gasteiger partial charge in [0.05, 0.1) is 0 Å². The number of rotatable bonds is 7. The van der Waals surface area contributed by atoms with Crippen molar-refractivity contribution >= 4 is 5.78 Å². The minimum Gasteiger partial charge on any atom is -0.303 e. The highest BCUT2D eigenvalue weighted by molar-refractivity contribution is 5.77. The Morgan fingerprint density at radius 2 is 1.90 bits per heavy atom. The van der Waals surface area contributed by atoms with Crippen molar-refractivity contribution in [1.29, 1.82) is 0 Å². The van der Waals surface area contributed by atoms with Crippen LogP contribution in [0.3, 0.4) is 0 Å².